The van der Waals surface area contributed by atoms with E-state index in [0.29, 0.717) is 19.7 Å². The molecule has 3 aromatic carbocycles. The highest BCUT2D eigenvalue weighted by Crippen LogP contribution is 2.48. The van der Waals surface area contributed by atoms with Crippen molar-refractivity contribution in [1.29, 1.82) is 0 Å². The largest absolute Gasteiger partial charge is 0.417 e. The molecule has 0 amide bonds. The van der Waals surface area contributed by atoms with Gasteiger partial charge >= 0.3 is 12.4 Å². The van der Waals surface area contributed by atoms with E-state index in [4.69, 9.17) is 0 Å². The summed E-state index contributed by atoms with van der Waals surface area (Å²) in [5.74, 6) is 0. The minimum Gasteiger partial charge on any atom is -0.255 e. The summed E-state index contributed by atoms with van der Waals surface area (Å²) < 4.78 is 103. The van der Waals surface area contributed by atoms with Gasteiger partial charge in [0, 0.05) is 5.41 Å². The summed E-state index contributed by atoms with van der Waals surface area (Å²) in [6.07, 6.45) is -11.8. The van der Waals surface area contributed by atoms with E-state index < -0.39 is 29.4 Å². The fourth-order valence-electron chi connectivity index (χ4n) is 3.80. The molecule has 0 bridgehead atoms. The van der Waals surface area contributed by atoms with Gasteiger partial charge in [-0.05, 0) is 48.6 Å². The number of rotatable bonds is 1. The first-order valence-corrected chi connectivity index (χ1v) is 11.7. The van der Waals surface area contributed by atoms with Crippen molar-refractivity contribution in [2.45, 2.75) is 72.7 Å². The number of hydrogen-bond acceptors (Lipinski definition) is 0. The van der Waals surface area contributed by atoms with Crippen molar-refractivity contribution < 1.29 is 39.5 Å². The second kappa shape index (κ2) is 15.7. The van der Waals surface area contributed by atoms with Crippen molar-refractivity contribution in [3.05, 3.63) is 107 Å². The Morgan fingerprint density at radius 2 is 0.951 bits per heavy atom. The van der Waals surface area contributed by atoms with E-state index in [1.165, 1.54) is 48.2 Å². The molecule has 0 N–H and O–H groups in total. The monoisotopic (exact) mass is 594 g/mol. The molecule has 1 aliphatic carbocycles. The van der Waals surface area contributed by atoms with Crippen LogP contribution in [0.5, 0.6) is 0 Å². The summed E-state index contributed by atoms with van der Waals surface area (Å²) in [6.45, 7) is 7.30. The van der Waals surface area contributed by atoms with Gasteiger partial charge in [0.25, 0.3) is 6.08 Å². The van der Waals surface area contributed by atoms with Crippen LogP contribution in [0, 0.1) is 0 Å². The first-order valence-electron chi connectivity index (χ1n) is 11.7. The normalized spacial score (nSPS) is 12.6. The first-order chi connectivity index (χ1) is 17.9. The van der Waals surface area contributed by atoms with Crippen LogP contribution in [0.4, 0.5) is 39.5 Å². The highest BCUT2D eigenvalue weighted by Gasteiger charge is 2.48. The second-order valence-electron chi connectivity index (χ2n) is 9.59. The maximum absolute atomic E-state index is 12.5. The van der Waals surface area contributed by atoms with Gasteiger partial charge in [0.05, 0.1) is 18.2 Å². The molecule has 3 aromatic rings. The van der Waals surface area contributed by atoms with Crippen molar-refractivity contribution in [2.24, 2.45) is 0 Å². The molecule has 0 fully saturated rings. The molecule has 0 radical (unpaired) electrons. The lowest BCUT2D eigenvalue weighted by atomic mass is 9.82. The average molecular weight is 595 g/mol. The summed E-state index contributed by atoms with van der Waals surface area (Å²) >= 11 is 0. The summed E-state index contributed by atoms with van der Waals surface area (Å²) in [4.78, 5) is 0. The van der Waals surface area contributed by atoms with Gasteiger partial charge in [0.2, 0.25) is 0 Å². The molecule has 0 spiro atoms. The predicted octanol–water partition coefficient (Wildman–Crippen LogP) is 12.1. The van der Waals surface area contributed by atoms with E-state index in [1.807, 2.05) is 0 Å². The summed E-state index contributed by atoms with van der Waals surface area (Å²) in [5, 5.41) is 0. The molecule has 0 nitrogen and oxygen atoms in total. The second-order valence-corrected chi connectivity index (χ2v) is 9.59. The number of allylic oxidation sites excluding steroid dienone is 1. The molecule has 0 aliphatic heterocycles. The summed E-state index contributed by atoms with van der Waals surface area (Å²) in [7, 11) is 0.500. The average Bonchev–Trinajstić information content (AvgIpc) is 3.12. The van der Waals surface area contributed by atoms with Crippen LogP contribution in [0.15, 0.2) is 90.5 Å². The van der Waals surface area contributed by atoms with Gasteiger partial charge in [0.15, 0.2) is 0 Å². The molecule has 0 aromatic heterocycles. The molecular formula is C32H39F9. The Morgan fingerprint density at radius 1 is 0.610 bits per heavy atom. The van der Waals surface area contributed by atoms with Gasteiger partial charge in [-0.25, -0.2) is 0 Å². The molecule has 0 heterocycles. The Kier molecular flexibility index (Phi) is 15.3. The third kappa shape index (κ3) is 9.68. The SMILES string of the molecule is C.C.CC(=C(F)F)C(F)(F)F.CC(C)(c1ccccc1)C(F)(F)F.CC1(C)c2ccccc2-c2ccccc21.CF. The molecule has 4 rings (SSSR count). The fraction of sp³-hybridized carbons (Fsp3) is 0.375. The van der Waals surface area contributed by atoms with E-state index in [9.17, 15) is 39.5 Å². The maximum Gasteiger partial charge on any atom is 0.417 e. The number of hydrogen-bond donors (Lipinski definition) is 0. The molecule has 0 unspecified atom stereocenters. The topological polar surface area (TPSA) is 0 Å². The van der Waals surface area contributed by atoms with Crippen molar-refractivity contribution in [2.75, 3.05) is 7.18 Å². The minimum atomic E-state index is -4.89. The van der Waals surface area contributed by atoms with Crippen LogP contribution >= 0.6 is 0 Å². The summed E-state index contributed by atoms with van der Waals surface area (Å²) in [5.41, 5.74) is 2.56. The van der Waals surface area contributed by atoms with Crippen molar-refractivity contribution in [1.82, 2.24) is 0 Å². The quantitative estimate of drug-likeness (QED) is 0.246. The molecule has 0 saturated carbocycles. The maximum atomic E-state index is 12.5. The molecule has 41 heavy (non-hydrogen) atoms. The van der Waals surface area contributed by atoms with Gasteiger partial charge in [-0.15, -0.1) is 0 Å². The minimum absolute atomic E-state index is 0. The molecule has 0 atom stereocenters. The van der Waals surface area contributed by atoms with Crippen molar-refractivity contribution in [3.63, 3.8) is 0 Å². The zero-order valence-electron chi connectivity index (χ0n) is 22.4. The van der Waals surface area contributed by atoms with Crippen molar-refractivity contribution in [3.8, 4) is 11.1 Å². The third-order valence-corrected chi connectivity index (χ3v) is 6.40. The smallest absolute Gasteiger partial charge is 0.255 e. The van der Waals surface area contributed by atoms with E-state index in [0.717, 1.165) is 0 Å². The van der Waals surface area contributed by atoms with E-state index in [2.05, 4.69) is 62.4 Å². The summed E-state index contributed by atoms with van der Waals surface area (Å²) in [6, 6.07) is 25.4. The predicted molar refractivity (Wildman–Crippen MR) is 151 cm³/mol. The molecule has 1 aliphatic rings. The highest BCUT2D eigenvalue weighted by molar-refractivity contribution is 5.80. The van der Waals surface area contributed by atoms with Crippen LogP contribution in [-0.2, 0) is 10.8 Å². The standard InChI is InChI=1S/C15H14.C10H11F3.C4H3F5.CH3F.2CH4/c1-15(2)13-9-5-3-7-11(13)12-8-4-6-10-14(12)15;1-9(2,10(11,12)13)8-6-4-3-5-7-8;1-2(3(5)6)4(7,8)9;1-2;;/h3-10H,1-2H3;3-7H,1-2H3;1H3;1H3;2*1H4. The van der Waals surface area contributed by atoms with Crippen LogP contribution in [-0.4, -0.2) is 19.5 Å². The van der Waals surface area contributed by atoms with Crippen LogP contribution < -0.4 is 0 Å². The zero-order chi connectivity index (χ0) is 30.2. The number of benzene rings is 3. The molecule has 230 valence electrons. The van der Waals surface area contributed by atoms with Gasteiger partial charge < -0.3 is 0 Å². The Bertz CT molecular complexity index is 1170. The van der Waals surface area contributed by atoms with E-state index in [-0.39, 0.29) is 20.3 Å². The van der Waals surface area contributed by atoms with Crippen LogP contribution in [0.3, 0.4) is 0 Å². The molecular weight excluding hydrogens is 555 g/mol. The van der Waals surface area contributed by atoms with E-state index in [1.54, 1.807) is 18.2 Å². The van der Waals surface area contributed by atoms with Gasteiger partial charge in [-0.1, -0.05) is 108 Å². The number of fused-ring (bicyclic) bond motifs is 3. The molecule has 9 heteroatoms. The Morgan fingerprint density at radius 3 is 1.24 bits per heavy atom. The molecule has 0 saturated heterocycles. The Balaban J connectivity index is 0. The van der Waals surface area contributed by atoms with Gasteiger partial charge in [-0.3, -0.25) is 4.39 Å². The number of halogens is 9. The lowest BCUT2D eigenvalue weighted by molar-refractivity contribution is -0.180. The third-order valence-electron chi connectivity index (χ3n) is 6.40. The van der Waals surface area contributed by atoms with E-state index >= 15 is 0 Å². The van der Waals surface area contributed by atoms with Crippen LogP contribution in [0.1, 0.15) is 66.2 Å². The Labute approximate surface area is 237 Å². The fourth-order valence-corrected chi connectivity index (χ4v) is 3.80. The number of alkyl halides is 7. The van der Waals surface area contributed by atoms with Gasteiger partial charge in [0.1, 0.15) is 0 Å². The Hall–Kier alpha value is -3.23. The van der Waals surface area contributed by atoms with Crippen LogP contribution in [0.25, 0.3) is 11.1 Å². The lowest BCUT2D eigenvalue weighted by Crippen LogP contribution is -2.36. The highest BCUT2D eigenvalue weighted by atomic mass is 19.4. The van der Waals surface area contributed by atoms with Crippen molar-refractivity contribution >= 4 is 0 Å². The van der Waals surface area contributed by atoms with Crippen LogP contribution in [0.2, 0.25) is 0 Å². The van der Waals surface area contributed by atoms with Gasteiger partial charge in [-0.2, -0.15) is 35.1 Å². The lowest BCUT2D eigenvalue weighted by Gasteiger charge is -2.28. The zero-order valence-corrected chi connectivity index (χ0v) is 22.4. The first kappa shape index (κ1) is 39.9.